The van der Waals surface area contributed by atoms with Gasteiger partial charge in [-0.3, -0.25) is 10.1 Å². The van der Waals surface area contributed by atoms with Crippen LogP contribution in [0, 0.1) is 20.8 Å². The molecule has 4 nitrogen and oxygen atoms in total. The lowest BCUT2D eigenvalue weighted by Crippen LogP contribution is -2.20. The third kappa shape index (κ3) is 4.74. The third-order valence-electron chi connectivity index (χ3n) is 4.36. The number of carbonyl (C=O) groups is 1. The average Bonchev–Trinajstić information content (AvgIpc) is 3.07. The smallest absolute Gasteiger partial charge is 0.264 e. The lowest BCUT2D eigenvalue weighted by Gasteiger charge is -2.09. The zero-order chi connectivity index (χ0) is 19.4. The normalized spacial score (nSPS) is 10.7. The van der Waals surface area contributed by atoms with E-state index in [9.17, 15) is 4.79 Å². The molecule has 1 aromatic heterocycles. The minimum atomic E-state index is -0.213. The highest BCUT2D eigenvalue weighted by Crippen LogP contribution is 2.31. The van der Waals surface area contributed by atoms with Crippen LogP contribution >= 0.6 is 11.3 Å². The van der Waals surface area contributed by atoms with Gasteiger partial charge in [-0.15, -0.1) is 11.3 Å². The van der Waals surface area contributed by atoms with Crippen molar-refractivity contribution < 1.29 is 9.53 Å². The molecule has 0 spiro atoms. The lowest BCUT2D eigenvalue weighted by atomic mass is 9.98. The molecule has 0 aliphatic rings. The molecule has 0 atom stereocenters. The van der Waals surface area contributed by atoms with Crippen molar-refractivity contribution in [2.45, 2.75) is 34.1 Å². The van der Waals surface area contributed by atoms with Crippen LogP contribution in [0.2, 0.25) is 0 Å². The van der Waals surface area contributed by atoms with Gasteiger partial charge in [-0.1, -0.05) is 36.8 Å². The van der Waals surface area contributed by atoms with Crippen molar-refractivity contribution >= 4 is 22.4 Å². The second-order valence-electron chi connectivity index (χ2n) is 6.65. The molecular formula is C22H24N2O2S. The number of hydrogen-bond donors (Lipinski definition) is 1. The second-order valence-corrected chi connectivity index (χ2v) is 7.51. The number of aromatic nitrogens is 1. The van der Waals surface area contributed by atoms with Gasteiger partial charge in [-0.05, 0) is 56.0 Å². The molecule has 0 bridgehead atoms. The fraction of sp³-hybridized carbons (Fsp3) is 0.273. The maximum atomic E-state index is 12.2. The number of nitrogens with zero attached hydrogens (tertiary/aromatic N) is 1. The van der Waals surface area contributed by atoms with Crippen LogP contribution in [0.1, 0.15) is 29.2 Å². The van der Waals surface area contributed by atoms with Gasteiger partial charge < -0.3 is 4.74 Å². The van der Waals surface area contributed by atoms with E-state index in [4.69, 9.17) is 4.74 Å². The summed E-state index contributed by atoms with van der Waals surface area (Å²) in [7, 11) is 0. The average molecular weight is 381 g/mol. The van der Waals surface area contributed by atoms with E-state index < -0.39 is 0 Å². The summed E-state index contributed by atoms with van der Waals surface area (Å²) < 4.78 is 5.59. The van der Waals surface area contributed by atoms with E-state index in [0.29, 0.717) is 10.9 Å². The first kappa shape index (κ1) is 19.1. The number of rotatable bonds is 6. The lowest BCUT2D eigenvalue weighted by molar-refractivity contribution is -0.118. The van der Waals surface area contributed by atoms with E-state index in [-0.39, 0.29) is 12.5 Å². The highest BCUT2D eigenvalue weighted by Gasteiger charge is 2.12. The molecule has 3 rings (SSSR count). The van der Waals surface area contributed by atoms with Crippen LogP contribution in [0.4, 0.5) is 5.13 Å². The number of amides is 1. The second kappa shape index (κ2) is 8.35. The SMILES string of the molecule is CCc1cccc(OCC(=O)Nc2nc(-c3c(C)cc(C)cc3C)cs2)c1. The maximum Gasteiger partial charge on any atom is 0.264 e. The molecule has 0 aliphatic carbocycles. The molecule has 0 fully saturated rings. The van der Waals surface area contributed by atoms with Gasteiger partial charge in [0.2, 0.25) is 0 Å². The standard InChI is InChI=1S/C22H24N2O2S/c1-5-17-7-6-8-18(11-17)26-12-20(25)24-22-23-19(13-27-22)21-15(3)9-14(2)10-16(21)4/h6-11,13H,5,12H2,1-4H3,(H,23,24,25). The van der Waals surface area contributed by atoms with Crippen LogP contribution in [-0.4, -0.2) is 17.5 Å². The molecule has 0 radical (unpaired) electrons. The Morgan fingerprint density at radius 3 is 2.59 bits per heavy atom. The number of benzene rings is 2. The van der Waals surface area contributed by atoms with Crippen molar-refractivity contribution in [1.29, 1.82) is 0 Å². The van der Waals surface area contributed by atoms with Crippen molar-refractivity contribution in [1.82, 2.24) is 4.98 Å². The van der Waals surface area contributed by atoms with Crippen molar-refractivity contribution in [2.75, 3.05) is 11.9 Å². The van der Waals surface area contributed by atoms with Crippen LogP contribution in [0.25, 0.3) is 11.3 Å². The third-order valence-corrected chi connectivity index (χ3v) is 5.12. The van der Waals surface area contributed by atoms with Gasteiger partial charge in [0.25, 0.3) is 5.91 Å². The van der Waals surface area contributed by atoms with Crippen molar-refractivity contribution in [3.8, 4) is 17.0 Å². The highest BCUT2D eigenvalue weighted by molar-refractivity contribution is 7.14. The summed E-state index contributed by atoms with van der Waals surface area (Å²) in [6.07, 6.45) is 0.934. The fourth-order valence-corrected chi connectivity index (χ4v) is 3.91. The predicted octanol–water partition coefficient (Wildman–Crippen LogP) is 5.32. The molecule has 1 N–H and O–H groups in total. The molecule has 5 heteroatoms. The first-order chi connectivity index (χ1) is 13.0. The molecule has 27 heavy (non-hydrogen) atoms. The number of carbonyl (C=O) groups excluding carboxylic acids is 1. The summed E-state index contributed by atoms with van der Waals surface area (Å²) in [6.45, 7) is 8.32. The van der Waals surface area contributed by atoms with Crippen molar-refractivity contribution in [2.24, 2.45) is 0 Å². The molecule has 140 valence electrons. The van der Waals surface area contributed by atoms with E-state index in [2.05, 4.69) is 50.1 Å². The number of thiazole rings is 1. The van der Waals surface area contributed by atoms with Gasteiger partial charge in [-0.2, -0.15) is 0 Å². The maximum absolute atomic E-state index is 12.2. The van der Waals surface area contributed by atoms with Crippen LogP contribution < -0.4 is 10.1 Å². The Morgan fingerprint density at radius 1 is 1.15 bits per heavy atom. The Kier molecular flexibility index (Phi) is 5.91. The van der Waals surface area contributed by atoms with Gasteiger partial charge >= 0.3 is 0 Å². The molecule has 0 unspecified atom stereocenters. The zero-order valence-corrected chi connectivity index (χ0v) is 16.9. The summed E-state index contributed by atoms with van der Waals surface area (Å²) in [4.78, 5) is 16.8. The summed E-state index contributed by atoms with van der Waals surface area (Å²) in [5.41, 5.74) is 6.82. The zero-order valence-electron chi connectivity index (χ0n) is 16.1. The van der Waals surface area contributed by atoms with Crippen LogP contribution in [-0.2, 0) is 11.2 Å². The van der Waals surface area contributed by atoms with Crippen molar-refractivity contribution in [3.05, 3.63) is 64.0 Å². The first-order valence-electron chi connectivity index (χ1n) is 9.01. The van der Waals surface area contributed by atoms with Gasteiger partial charge in [0.1, 0.15) is 5.75 Å². The van der Waals surface area contributed by atoms with E-state index in [1.165, 1.54) is 33.6 Å². The molecule has 0 saturated carbocycles. The van der Waals surface area contributed by atoms with Crippen molar-refractivity contribution in [3.63, 3.8) is 0 Å². The largest absolute Gasteiger partial charge is 0.484 e. The topological polar surface area (TPSA) is 51.2 Å². The molecular weight excluding hydrogens is 356 g/mol. The minimum Gasteiger partial charge on any atom is -0.484 e. The molecule has 0 saturated heterocycles. The molecule has 0 aliphatic heterocycles. The summed E-state index contributed by atoms with van der Waals surface area (Å²) in [6, 6.07) is 12.1. The van der Waals surface area contributed by atoms with E-state index >= 15 is 0 Å². The Hall–Kier alpha value is -2.66. The predicted molar refractivity (Wildman–Crippen MR) is 112 cm³/mol. The number of aryl methyl sites for hydroxylation is 4. The first-order valence-corrected chi connectivity index (χ1v) is 9.89. The van der Waals surface area contributed by atoms with Gasteiger partial charge in [0.05, 0.1) is 5.69 Å². The van der Waals surface area contributed by atoms with Gasteiger partial charge in [-0.25, -0.2) is 4.98 Å². The monoisotopic (exact) mass is 380 g/mol. The Morgan fingerprint density at radius 2 is 1.89 bits per heavy atom. The number of hydrogen-bond acceptors (Lipinski definition) is 4. The molecule has 3 aromatic rings. The van der Waals surface area contributed by atoms with Crippen LogP contribution in [0.5, 0.6) is 5.75 Å². The Bertz CT molecular complexity index is 939. The molecule has 2 aromatic carbocycles. The minimum absolute atomic E-state index is 0.0370. The van der Waals surface area contributed by atoms with E-state index in [0.717, 1.165) is 17.7 Å². The van der Waals surface area contributed by atoms with Gasteiger partial charge in [0.15, 0.2) is 11.7 Å². The summed E-state index contributed by atoms with van der Waals surface area (Å²) in [5, 5.41) is 5.39. The molecule has 1 heterocycles. The Labute approximate surface area is 164 Å². The summed E-state index contributed by atoms with van der Waals surface area (Å²) in [5.74, 6) is 0.491. The number of ether oxygens (including phenoxy) is 1. The fourth-order valence-electron chi connectivity index (χ4n) is 3.19. The van der Waals surface area contributed by atoms with Crippen LogP contribution in [0.15, 0.2) is 41.8 Å². The van der Waals surface area contributed by atoms with E-state index in [1.54, 1.807) is 0 Å². The van der Waals surface area contributed by atoms with Crippen LogP contribution in [0.3, 0.4) is 0 Å². The Balaban J connectivity index is 1.64. The summed E-state index contributed by atoms with van der Waals surface area (Å²) >= 11 is 1.42. The number of anilines is 1. The highest BCUT2D eigenvalue weighted by atomic mass is 32.1. The molecule has 1 amide bonds. The quantitative estimate of drug-likeness (QED) is 0.630. The van der Waals surface area contributed by atoms with E-state index in [1.807, 2.05) is 29.6 Å². The van der Waals surface area contributed by atoms with Gasteiger partial charge in [0, 0.05) is 10.9 Å². The number of nitrogens with one attached hydrogen (secondary N) is 1.